The quantitative estimate of drug-likeness (QED) is 0.924. The molecule has 114 valence electrons. The van der Waals surface area contributed by atoms with Crippen LogP contribution in [0.25, 0.3) is 0 Å². The van der Waals surface area contributed by atoms with Gasteiger partial charge in [-0.25, -0.2) is 4.98 Å². The summed E-state index contributed by atoms with van der Waals surface area (Å²) in [7, 11) is 0. The maximum absolute atomic E-state index is 12.0. The van der Waals surface area contributed by atoms with E-state index in [0.29, 0.717) is 18.9 Å². The second-order valence-corrected chi connectivity index (χ2v) is 6.62. The molecule has 2 bridgehead atoms. The Labute approximate surface area is 125 Å². The fraction of sp³-hybridized carbons (Fsp3) is 0.625. The molecule has 0 radical (unpaired) electrons. The number of carbonyl (C=O) groups is 1. The summed E-state index contributed by atoms with van der Waals surface area (Å²) in [6.07, 6.45) is 3.44. The predicted molar refractivity (Wildman–Crippen MR) is 81.5 cm³/mol. The molecule has 4 heterocycles. The van der Waals surface area contributed by atoms with Crippen molar-refractivity contribution in [3.05, 3.63) is 18.3 Å². The molecule has 4 rings (SSSR count). The standard InChI is InChI=1S/C16H23N3O2/c1-4-21-15-6-5-12(9-17-15)19-10-11-8-16(2,3)13(19)7-14(20)18-11/h5-6,9,11,13H,4,7-8,10H2,1-3H3,(H,18,20)/t11-,13+/m0/s1. The van der Waals surface area contributed by atoms with E-state index in [1.54, 1.807) is 0 Å². The van der Waals surface area contributed by atoms with Gasteiger partial charge in [0.2, 0.25) is 11.8 Å². The van der Waals surface area contributed by atoms with Crippen molar-refractivity contribution in [3.63, 3.8) is 0 Å². The third-order valence-electron chi connectivity index (χ3n) is 4.56. The number of pyridine rings is 1. The lowest BCUT2D eigenvalue weighted by atomic mass is 9.74. The van der Waals surface area contributed by atoms with Crippen LogP contribution in [0.3, 0.4) is 0 Å². The summed E-state index contributed by atoms with van der Waals surface area (Å²) < 4.78 is 5.40. The molecule has 0 saturated carbocycles. The summed E-state index contributed by atoms with van der Waals surface area (Å²) in [4.78, 5) is 18.7. The maximum atomic E-state index is 12.0. The molecule has 3 aliphatic rings. The summed E-state index contributed by atoms with van der Waals surface area (Å²) in [6, 6.07) is 4.38. The molecular formula is C16H23N3O2. The highest BCUT2D eigenvalue weighted by atomic mass is 16.5. The van der Waals surface area contributed by atoms with Crippen LogP contribution in [0.1, 0.15) is 33.6 Å². The smallest absolute Gasteiger partial charge is 0.222 e. The van der Waals surface area contributed by atoms with Crippen LogP contribution in [-0.4, -0.2) is 36.1 Å². The average molecular weight is 289 g/mol. The van der Waals surface area contributed by atoms with Crippen molar-refractivity contribution >= 4 is 11.6 Å². The number of nitrogens with zero attached hydrogens (tertiary/aromatic N) is 2. The monoisotopic (exact) mass is 289 g/mol. The molecule has 1 aromatic heterocycles. The molecule has 3 aliphatic heterocycles. The SMILES string of the molecule is CCOc1ccc(N2C[C@@H]3CC(C)(C)[C@H]2CC(=O)N3)cn1. The zero-order valence-corrected chi connectivity index (χ0v) is 12.9. The van der Waals surface area contributed by atoms with Crippen LogP contribution in [0.4, 0.5) is 5.69 Å². The van der Waals surface area contributed by atoms with Crippen LogP contribution in [-0.2, 0) is 4.79 Å². The Balaban J connectivity index is 1.89. The number of ether oxygens (including phenoxy) is 1. The van der Waals surface area contributed by atoms with Crippen LogP contribution in [0, 0.1) is 5.41 Å². The first-order valence-corrected chi connectivity index (χ1v) is 7.64. The zero-order valence-electron chi connectivity index (χ0n) is 12.9. The highest BCUT2D eigenvalue weighted by molar-refractivity contribution is 5.79. The number of anilines is 1. The Bertz CT molecular complexity index is 527. The lowest BCUT2D eigenvalue weighted by Gasteiger charge is -2.47. The minimum absolute atomic E-state index is 0.112. The average Bonchev–Trinajstić information content (AvgIpc) is 2.64. The van der Waals surface area contributed by atoms with E-state index in [0.717, 1.165) is 18.7 Å². The van der Waals surface area contributed by atoms with E-state index in [9.17, 15) is 4.79 Å². The number of aromatic nitrogens is 1. The third kappa shape index (κ3) is 2.69. The van der Waals surface area contributed by atoms with Gasteiger partial charge in [0.15, 0.2) is 0 Å². The molecule has 2 atom stereocenters. The fourth-order valence-corrected chi connectivity index (χ4v) is 3.63. The lowest BCUT2D eigenvalue weighted by molar-refractivity contribution is -0.121. The van der Waals surface area contributed by atoms with Gasteiger partial charge < -0.3 is 15.0 Å². The Hall–Kier alpha value is -1.78. The van der Waals surface area contributed by atoms with Crippen LogP contribution in [0.2, 0.25) is 0 Å². The van der Waals surface area contributed by atoms with Gasteiger partial charge in [0.1, 0.15) is 0 Å². The summed E-state index contributed by atoms with van der Waals surface area (Å²) in [5.74, 6) is 0.812. The van der Waals surface area contributed by atoms with Crippen molar-refractivity contribution in [2.75, 3.05) is 18.1 Å². The minimum Gasteiger partial charge on any atom is -0.478 e. The second-order valence-electron chi connectivity index (χ2n) is 6.62. The van der Waals surface area contributed by atoms with Gasteiger partial charge in [-0.2, -0.15) is 0 Å². The van der Waals surface area contributed by atoms with Crippen molar-refractivity contribution in [2.45, 2.75) is 45.7 Å². The van der Waals surface area contributed by atoms with Crippen LogP contribution >= 0.6 is 0 Å². The largest absolute Gasteiger partial charge is 0.478 e. The lowest BCUT2D eigenvalue weighted by Crippen LogP contribution is -2.54. The van der Waals surface area contributed by atoms with E-state index in [1.807, 2.05) is 25.3 Å². The van der Waals surface area contributed by atoms with Gasteiger partial charge in [0.05, 0.1) is 18.5 Å². The van der Waals surface area contributed by atoms with Crippen LogP contribution in [0.15, 0.2) is 18.3 Å². The summed E-state index contributed by atoms with van der Waals surface area (Å²) in [6.45, 7) is 7.92. The number of rotatable bonds is 3. The van der Waals surface area contributed by atoms with E-state index in [2.05, 4.69) is 29.0 Å². The first kappa shape index (κ1) is 14.2. The fourth-order valence-electron chi connectivity index (χ4n) is 3.63. The van der Waals surface area contributed by atoms with Crippen LogP contribution < -0.4 is 15.0 Å². The zero-order chi connectivity index (χ0) is 15.0. The van der Waals surface area contributed by atoms with Crippen molar-refractivity contribution in [1.82, 2.24) is 10.3 Å². The number of carbonyl (C=O) groups excluding carboxylic acids is 1. The van der Waals surface area contributed by atoms with Gasteiger partial charge in [0, 0.05) is 31.1 Å². The molecule has 5 heteroatoms. The van der Waals surface area contributed by atoms with Gasteiger partial charge in [-0.15, -0.1) is 0 Å². The highest BCUT2D eigenvalue weighted by Gasteiger charge is 2.45. The Morgan fingerprint density at radius 3 is 2.95 bits per heavy atom. The summed E-state index contributed by atoms with van der Waals surface area (Å²) >= 11 is 0. The Morgan fingerprint density at radius 1 is 1.48 bits per heavy atom. The van der Waals surface area contributed by atoms with E-state index in [4.69, 9.17) is 4.74 Å². The summed E-state index contributed by atoms with van der Waals surface area (Å²) in [5, 5.41) is 3.13. The number of hydrogen-bond acceptors (Lipinski definition) is 4. The van der Waals surface area contributed by atoms with Gasteiger partial charge in [-0.05, 0) is 24.8 Å². The number of nitrogens with one attached hydrogen (secondary N) is 1. The molecule has 5 nitrogen and oxygen atoms in total. The van der Waals surface area contributed by atoms with Crippen molar-refractivity contribution < 1.29 is 9.53 Å². The van der Waals surface area contributed by atoms with Gasteiger partial charge >= 0.3 is 0 Å². The second kappa shape index (κ2) is 5.20. The minimum atomic E-state index is 0.112. The molecule has 1 N–H and O–H groups in total. The van der Waals surface area contributed by atoms with E-state index in [-0.39, 0.29) is 23.4 Å². The van der Waals surface area contributed by atoms with E-state index < -0.39 is 0 Å². The molecule has 3 saturated heterocycles. The van der Waals surface area contributed by atoms with Crippen LogP contribution in [0.5, 0.6) is 5.88 Å². The van der Waals surface area contributed by atoms with Gasteiger partial charge in [-0.3, -0.25) is 4.79 Å². The normalized spacial score (nSPS) is 27.2. The molecule has 21 heavy (non-hydrogen) atoms. The molecule has 0 spiro atoms. The molecule has 1 aromatic rings. The number of piperidine rings is 1. The maximum Gasteiger partial charge on any atom is 0.222 e. The molecule has 3 fully saturated rings. The number of amides is 1. The highest BCUT2D eigenvalue weighted by Crippen LogP contribution is 2.41. The van der Waals surface area contributed by atoms with Gasteiger partial charge in [0.25, 0.3) is 0 Å². The van der Waals surface area contributed by atoms with E-state index in [1.165, 1.54) is 0 Å². The molecule has 1 amide bonds. The van der Waals surface area contributed by atoms with Crippen molar-refractivity contribution in [3.8, 4) is 5.88 Å². The molecule has 0 unspecified atom stereocenters. The predicted octanol–water partition coefficient (Wildman–Crippen LogP) is 1.97. The first-order chi connectivity index (χ1) is 9.99. The topological polar surface area (TPSA) is 54.5 Å². The first-order valence-electron chi connectivity index (χ1n) is 7.64. The number of hydrogen-bond donors (Lipinski definition) is 1. The Morgan fingerprint density at radius 2 is 2.29 bits per heavy atom. The Kier molecular flexibility index (Phi) is 3.51. The van der Waals surface area contributed by atoms with Gasteiger partial charge in [-0.1, -0.05) is 13.8 Å². The molecular weight excluding hydrogens is 266 g/mol. The van der Waals surface area contributed by atoms with E-state index >= 15 is 0 Å². The third-order valence-corrected chi connectivity index (χ3v) is 4.56. The molecule has 0 aromatic carbocycles. The summed E-state index contributed by atoms with van der Waals surface area (Å²) in [5.41, 5.74) is 1.18. The molecule has 0 aliphatic carbocycles. The number of fused-ring (bicyclic) bond motifs is 4. The van der Waals surface area contributed by atoms with Crippen molar-refractivity contribution in [2.24, 2.45) is 5.41 Å². The van der Waals surface area contributed by atoms with Crippen molar-refractivity contribution in [1.29, 1.82) is 0 Å².